The summed E-state index contributed by atoms with van der Waals surface area (Å²) in [4.78, 5) is 5.72. The number of fused-ring (bicyclic) bond motifs is 1. The molecule has 3 aromatic rings. The summed E-state index contributed by atoms with van der Waals surface area (Å²) in [5, 5.41) is 2.71. The smallest absolute Gasteiger partial charge is 0.137 e. The van der Waals surface area contributed by atoms with Crippen LogP contribution in [0.25, 0.3) is 16.2 Å². The van der Waals surface area contributed by atoms with E-state index in [-0.39, 0.29) is 0 Å². The Kier molecular flexibility index (Phi) is 2.82. The molecule has 2 nitrogen and oxygen atoms in total. The Bertz CT molecular complexity index is 659. The van der Waals surface area contributed by atoms with Crippen molar-refractivity contribution in [1.82, 2.24) is 9.38 Å². The van der Waals surface area contributed by atoms with Crippen molar-refractivity contribution in [3.63, 3.8) is 0 Å². The molecule has 0 unspecified atom stereocenters. The van der Waals surface area contributed by atoms with Crippen LogP contribution in [0.1, 0.15) is 5.69 Å². The molecule has 3 rings (SSSR count). The molecule has 0 radical (unpaired) electrons. The van der Waals surface area contributed by atoms with E-state index in [2.05, 4.69) is 4.98 Å². The predicted molar refractivity (Wildman–Crippen MR) is 73.1 cm³/mol. The zero-order valence-corrected chi connectivity index (χ0v) is 11.1. The number of thiophene rings is 1. The first kappa shape index (κ1) is 11.1. The number of pyridine rings is 1. The standard InChI is InChI=1S/C12H8Cl2N2S/c13-6-9-12(10-2-1-5-17-10)15-11-4-3-8(14)7-16(9)11/h1-5,7H,6H2. The Morgan fingerprint density at radius 2 is 2.18 bits per heavy atom. The van der Waals surface area contributed by atoms with Crippen molar-refractivity contribution < 1.29 is 0 Å². The zero-order valence-electron chi connectivity index (χ0n) is 8.73. The minimum atomic E-state index is 0.411. The molecule has 0 aromatic carbocycles. The van der Waals surface area contributed by atoms with Gasteiger partial charge in [-0.05, 0) is 23.6 Å². The van der Waals surface area contributed by atoms with Gasteiger partial charge in [-0.15, -0.1) is 22.9 Å². The van der Waals surface area contributed by atoms with Gasteiger partial charge in [0.1, 0.15) is 11.3 Å². The first-order valence-corrected chi connectivity index (χ1v) is 6.85. The monoisotopic (exact) mass is 282 g/mol. The first-order chi connectivity index (χ1) is 8.29. The van der Waals surface area contributed by atoms with Crippen LogP contribution in [0.2, 0.25) is 5.02 Å². The van der Waals surface area contributed by atoms with Crippen molar-refractivity contribution in [2.24, 2.45) is 0 Å². The molecule has 0 saturated heterocycles. The van der Waals surface area contributed by atoms with Crippen LogP contribution in [-0.2, 0) is 5.88 Å². The Labute approximate surface area is 112 Å². The SMILES string of the molecule is ClCc1c(-c2cccs2)nc2ccc(Cl)cn12. The maximum Gasteiger partial charge on any atom is 0.137 e. The van der Waals surface area contributed by atoms with Crippen molar-refractivity contribution in [2.45, 2.75) is 5.88 Å². The number of hydrogen-bond donors (Lipinski definition) is 0. The van der Waals surface area contributed by atoms with E-state index in [0.717, 1.165) is 21.9 Å². The number of nitrogens with zero attached hydrogens (tertiary/aromatic N) is 2. The zero-order chi connectivity index (χ0) is 11.8. The number of halogens is 2. The summed E-state index contributed by atoms with van der Waals surface area (Å²) < 4.78 is 1.95. The van der Waals surface area contributed by atoms with Crippen LogP contribution in [0.4, 0.5) is 0 Å². The number of aromatic nitrogens is 2. The van der Waals surface area contributed by atoms with Gasteiger partial charge >= 0.3 is 0 Å². The van der Waals surface area contributed by atoms with Crippen molar-refractivity contribution in [3.8, 4) is 10.6 Å². The van der Waals surface area contributed by atoms with E-state index in [1.807, 2.05) is 40.2 Å². The average Bonchev–Trinajstić information content (AvgIpc) is 2.94. The van der Waals surface area contributed by atoms with Crippen LogP contribution < -0.4 is 0 Å². The molecular formula is C12H8Cl2N2S. The highest BCUT2D eigenvalue weighted by molar-refractivity contribution is 7.13. The van der Waals surface area contributed by atoms with Gasteiger partial charge in [-0.3, -0.25) is 0 Å². The molecule has 0 saturated carbocycles. The molecule has 3 heterocycles. The number of hydrogen-bond acceptors (Lipinski definition) is 2. The van der Waals surface area contributed by atoms with Crippen LogP contribution in [-0.4, -0.2) is 9.38 Å². The Morgan fingerprint density at radius 1 is 1.29 bits per heavy atom. The largest absolute Gasteiger partial charge is 0.301 e. The normalized spacial score (nSPS) is 11.2. The summed E-state index contributed by atoms with van der Waals surface area (Å²) in [6.45, 7) is 0. The van der Waals surface area contributed by atoms with Crippen LogP contribution in [0.3, 0.4) is 0 Å². The maximum absolute atomic E-state index is 6.02. The fourth-order valence-corrected chi connectivity index (χ4v) is 2.96. The van der Waals surface area contributed by atoms with E-state index >= 15 is 0 Å². The Balaban J connectivity index is 2.32. The molecule has 86 valence electrons. The molecule has 5 heteroatoms. The van der Waals surface area contributed by atoms with Crippen LogP contribution in [0.15, 0.2) is 35.8 Å². The van der Waals surface area contributed by atoms with Crippen molar-refractivity contribution in [3.05, 3.63) is 46.6 Å². The van der Waals surface area contributed by atoms with Gasteiger partial charge in [0.25, 0.3) is 0 Å². The quantitative estimate of drug-likeness (QED) is 0.635. The van der Waals surface area contributed by atoms with Gasteiger partial charge in [0.2, 0.25) is 0 Å². The molecule has 0 aliphatic carbocycles. The third-order valence-corrected chi connectivity index (χ3v) is 3.92. The third kappa shape index (κ3) is 1.84. The maximum atomic E-state index is 6.02. The summed E-state index contributed by atoms with van der Waals surface area (Å²) in [5.74, 6) is 0.411. The molecule has 0 spiro atoms. The highest BCUT2D eigenvalue weighted by Gasteiger charge is 2.13. The average molecular weight is 283 g/mol. The molecule has 0 aliphatic rings. The Hall–Kier alpha value is -1.03. The van der Waals surface area contributed by atoms with Gasteiger partial charge in [-0.1, -0.05) is 17.7 Å². The number of rotatable bonds is 2. The van der Waals surface area contributed by atoms with Crippen LogP contribution >= 0.6 is 34.5 Å². The van der Waals surface area contributed by atoms with E-state index < -0.39 is 0 Å². The first-order valence-electron chi connectivity index (χ1n) is 5.06. The summed E-state index contributed by atoms with van der Waals surface area (Å²) in [5.41, 5.74) is 2.79. The Morgan fingerprint density at radius 3 is 2.88 bits per heavy atom. The molecule has 0 amide bonds. The molecule has 0 bridgehead atoms. The van der Waals surface area contributed by atoms with E-state index in [0.29, 0.717) is 10.9 Å². The predicted octanol–water partition coefficient (Wildman–Crippen LogP) is 4.46. The van der Waals surface area contributed by atoms with Crippen LogP contribution in [0.5, 0.6) is 0 Å². The van der Waals surface area contributed by atoms with Gasteiger partial charge in [0.05, 0.1) is 21.5 Å². The lowest BCUT2D eigenvalue weighted by atomic mass is 10.3. The fraction of sp³-hybridized carbons (Fsp3) is 0.0833. The van der Waals surface area contributed by atoms with Gasteiger partial charge in [0.15, 0.2) is 0 Å². The third-order valence-electron chi connectivity index (χ3n) is 2.56. The molecule has 0 atom stereocenters. The minimum absolute atomic E-state index is 0.411. The highest BCUT2D eigenvalue weighted by Crippen LogP contribution is 2.29. The lowest BCUT2D eigenvalue weighted by Gasteiger charge is -1.99. The fourth-order valence-electron chi connectivity index (χ4n) is 1.81. The summed E-state index contributed by atoms with van der Waals surface area (Å²) in [6.07, 6.45) is 1.85. The van der Waals surface area contributed by atoms with E-state index in [1.54, 1.807) is 11.3 Å². The van der Waals surface area contributed by atoms with E-state index in [1.165, 1.54) is 0 Å². The molecule has 0 aliphatic heterocycles. The molecule has 3 aromatic heterocycles. The van der Waals surface area contributed by atoms with Crippen molar-refractivity contribution >= 4 is 40.2 Å². The van der Waals surface area contributed by atoms with Gasteiger partial charge in [0, 0.05) is 6.20 Å². The molecular weight excluding hydrogens is 275 g/mol. The van der Waals surface area contributed by atoms with Gasteiger partial charge in [-0.2, -0.15) is 0 Å². The second-order valence-electron chi connectivity index (χ2n) is 3.59. The van der Waals surface area contributed by atoms with E-state index in [9.17, 15) is 0 Å². The van der Waals surface area contributed by atoms with E-state index in [4.69, 9.17) is 23.2 Å². The summed E-state index contributed by atoms with van der Waals surface area (Å²) in [6, 6.07) is 7.79. The second kappa shape index (κ2) is 4.33. The molecule has 0 fully saturated rings. The molecule has 17 heavy (non-hydrogen) atoms. The highest BCUT2D eigenvalue weighted by atomic mass is 35.5. The van der Waals surface area contributed by atoms with Crippen molar-refractivity contribution in [2.75, 3.05) is 0 Å². The van der Waals surface area contributed by atoms with Crippen LogP contribution in [0, 0.1) is 0 Å². The second-order valence-corrected chi connectivity index (χ2v) is 5.24. The lowest BCUT2D eigenvalue weighted by Crippen LogP contribution is -1.90. The van der Waals surface area contributed by atoms with Crippen molar-refractivity contribution in [1.29, 1.82) is 0 Å². The number of imidazole rings is 1. The summed E-state index contributed by atoms with van der Waals surface area (Å²) >= 11 is 13.7. The molecule has 0 N–H and O–H groups in total. The minimum Gasteiger partial charge on any atom is -0.301 e. The number of alkyl halides is 1. The topological polar surface area (TPSA) is 17.3 Å². The van der Waals surface area contributed by atoms with Gasteiger partial charge < -0.3 is 4.40 Å². The lowest BCUT2D eigenvalue weighted by molar-refractivity contribution is 1.09. The summed E-state index contributed by atoms with van der Waals surface area (Å²) in [7, 11) is 0. The van der Waals surface area contributed by atoms with Gasteiger partial charge in [-0.25, -0.2) is 4.98 Å².